The van der Waals surface area contributed by atoms with Crippen molar-refractivity contribution in [1.82, 2.24) is 20.2 Å². The van der Waals surface area contributed by atoms with Crippen molar-refractivity contribution in [1.29, 1.82) is 0 Å². The van der Waals surface area contributed by atoms with Crippen LogP contribution in [0.4, 0.5) is 5.95 Å². The molecule has 0 aliphatic carbocycles. The second kappa shape index (κ2) is 8.30. The SMILES string of the molecule is C=CCn1nnnc1NCc1ccccc1OCc1ccccc1Cl. The summed E-state index contributed by atoms with van der Waals surface area (Å²) in [7, 11) is 0. The molecule has 0 atom stereocenters. The van der Waals surface area contributed by atoms with Gasteiger partial charge in [0.15, 0.2) is 0 Å². The van der Waals surface area contributed by atoms with E-state index in [1.165, 1.54) is 0 Å². The van der Waals surface area contributed by atoms with Crippen molar-refractivity contribution in [3.63, 3.8) is 0 Å². The van der Waals surface area contributed by atoms with E-state index in [0.717, 1.165) is 16.9 Å². The van der Waals surface area contributed by atoms with Crippen molar-refractivity contribution < 1.29 is 4.74 Å². The van der Waals surface area contributed by atoms with Gasteiger partial charge < -0.3 is 10.1 Å². The maximum Gasteiger partial charge on any atom is 0.243 e. The highest BCUT2D eigenvalue weighted by Crippen LogP contribution is 2.22. The Balaban J connectivity index is 1.67. The average molecular weight is 356 g/mol. The van der Waals surface area contributed by atoms with E-state index in [1.54, 1.807) is 10.8 Å². The van der Waals surface area contributed by atoms with Crippen LogP contribution in [0.15, 0.2) is 61.2 Å². The monoisotopic (exact) mass is 355 g/mol. The Morgan fingerprint density at radius 1 is 1.12 bits per heavy atom. The Morgan fingerprint density at radius 3 is 2.68 bits per heavy atom. The molecule has 3 aromatic rings. The average Bonchev–Trinajstić information content (AvgIpc) is 3.07. The third kappa shape index (κ3) is 4.36. The summed E-state index contributed by atoms with van der Waals surface area (Å²) in [6.45, 7) is 5.18. The Morgan fingerprint density at radius 2 is 1.88 bits per heavy atom. The van der Waals surface area contributed by atoms with E-state index >= 15 is 0 Å². The van der Waals surface area contributed by atoms with Gasteiger partial charge in [-0.3, -0.25) is 0 Å². The smallest absolute Gasteiger partial charge is 0.243 e. The molecule has 0 fully saturated rings. The summed E-state index contributed by atoms with van der Waals surface area (Å²) in [5, 5.41) is 15.5. The van der Waals surface area contributed by atoms with Crippen LogP contribution < -0.4 is 10.1 Å². The Hall–Kier alpha value is -2.86. The molecule has 0 saturated heterocycles. The van der Waals surface area contributed by atoms with Crippen molar-refractivity contribution in [2.24, 2.45) is 0 Å². The number of allylic oxidation sites excluding steroid dienone is 1. The van der Waals surface area contributed by atoms with Gasteiger partial charge in [-0.25, -0.2) is 4.68 Å². The molecule has 0 aliphatic heterocycles. The molecular weight excluding hydrogens is 338 g/mol. The van der Waals surface area contributed by atoms with Gasteiger partial charge in [-0.2, -0.15) is 0 Å². The highest BCUT2D eigenvalue weighted by atomic mass is 35.5. The molecule has 1 aromatic heterocycles. The van der Waals surface area contributed by atoms with Crippen LogP contribution in [-0.2, 0) is 19.7 Å². The molecule has 0 unspecified atom stereocenters. The highest BCUT2D eigenvalue weighted by Gasteiger charge is 2.08. The fourth-order valence-corrected chi connectivity index (χ4v) is 2.50. The molecular formula is C18H18ClN5O. The van der Waals surface area contributed by atoms with Crippen LogP contribution in [0.3, 0.4) is 0 Å². The molecule has 3 rings (SSSR count). The molecule has 0 radical (unpaired) electrons. The lowest BCUT2D eigenvalue weighted by atomic mass is 10.2. The van der Waals surface area contributed by atoms with Gasteiger partial charge in [-0.05, 0) is 22.6 Å². The third-order valence-corrected chi connectivity index (χ3v) is 3.95. The first-order chi connectivity index (χ1) is 12.3. The molecule has 0 bridgehead atoms. The number of para-hydroxylation sites is 1. The molecule has 0 amide bonds. The minimum Gasteiger partial charge on any atom is -0.488 e. The standard InChI is InChI=1S/C18H18ClN5O/c1-2-11-24-18(21-22-23-24)20-12-14-7-4-6-10-17(14)25-13-15-8-3-5-9-16(15)19/h2-10H,1,11-13H2,(H,20,21,23). The zero-order valence-corrected chi connectivity index (χ0v) is 14.4. The maximum absolute atomic E-state index is 6.18. The predicted molar refractivity (Wildman–Crippen MR) is 97.6 cm³/mol. The quantitative estimate of drug-likeness (QED) is 0.624. The second-order valence-electron chi connectivity index (χ2n) is 5.31. The Labute approximate surface area is 151 Å². The Bertz CT molecular complexity index is 849. The first-order valence-electron chi connectivity index (χ1n) is 7.83. The molecule has 2 aromatic carbocycles. The fourth-order valence-electron chi connectivity index (χ4n) is 2.31. The van der Waals surface area contributed by atoms with Crippen molar-refractivity contribution in [2.75, 3.05) is 5.32 Å². The van der Waals surface area contributed by atoms with Crippen LogP contribution in [0.2, 0.25) is 5.02 Å². The van der Waals surface area contributed by atoms with Crippen LogP contribution in [0.5, 0.6) is 5.75 Å². The van der Waals surface area contributed by atoms with Crippen molar-refractivity contribution in [2.45, 2.75) is 19.7 Å². The van der Waals surface area contributed by atoms with E-state index in [4.69, 9.17) is 16.3 Å². The van der Waals surface area contributed by atoms with Crippen LogP contribution in [0, 0.1) is 0 Å². The molecule has 6 nitrogen and oxygen atoms in total. The van der Waals surface area contributed by atoms with Gasteiger partial charge in [0.25, 0.3) is 0 Å². The first kappa shape index (κ1) is 17.0. The van der Waals surface area contributed by atoms with E-state index in [2.05, 4.69) is 27.4 Å². The summed E-state index contributed by atoms with van der Waals surface area (Å²) in [6.07, 6.45) is 1.74. The zero-order valence-electron chi connectivity index (χ0n) is 13.6. The number of nitrogens with zero attached hydrogens (tertiary/aromatic N) is 4. The van der Waals surface area contributed by atoms with Gasteiger partial charge in [-0.15, -0.1) is 6.58 Å². The van der Waals surface area contributed by atoms with E-state index in [-0.39, 0.29) is 0 Å². The predicted octanol–water partition coefficient (Wildman–Crippen LogP) is 3.70. The maximum atomic E-state index is 6.18. The van der Waals surface area contributed by atoms with Gasteiger partial charge in [-0.1, -0.05) is 59.2 Å². The number of hydrogen-bond donors (Lipinski definition) is 1. The topological polar surface area (TPSA) is 64.9 Å². The van der Waals surface area contributed by atoms with Crippen LogP contribution in [0.25, 0.3) is 0 Å². The highest BCUT2D eigenvalue weighted by molar-refractivity contribution is 6.31. The van der Waals surface area contributed by atoms with Crippen LogP contribution >= 0.6 is 11.6 Å². The molecule has 0 aliphatic rings. The van der Waals surface area contributed by atoms with Gasteiger partial charge in [0.05, 0.1) is 6.54 Å². The first-order valence-corrected chi connectivity index (χ1v) is 8.21. The van der Waals surface area contributed by atoms with Crippen molar-refractivity contribution >= 4 is 17.5 Å². The minimum atomic E-state index is 0.408. The summed E-state index contributed by atoms with van der Waals surface area (Å²) in [5.74, 6) is 1.37. The van der Waals surface area contributed by atoms with E-state index in [9.17, 15) is 0 Å². The van der Waals surface area contributed by atoms with Crippen LogP contribution in [-0.4, -0.2) is 20.2 Å². The summed E-state index contributed by atoms with van der Waals surface area (Å²) in [5.41, 5.74) is 1.95. The molecule has 1 N–H and O–H groups in total. The summed E-state index contributed by atoms with van der Waals surface area (Å²) in [6, 6.07) is 15.5. The molecule has 7 heteroatoms. The number of anilines is 1. The summed E-state index contributed by atoms with van der Waals surface area (Å²) >= 11 is 6.18. The fraction of sp³-hybridized carbons (Fsp3) is 0.167. The molecule has 0 saturated carbocycles. The van der Waals surface area contributed by atoms with Gasteiger partial charge in [0, 0.05) is 22.7 Å². The van der Waals surface area contributed by atoms with Gasteiger partial charge in [0.1, 0.15) is 12.4 Å². The van der Waals surface area contributed by atoms with Crippen molar-refractivity contribution in [3.05, 3.63) is 77.3 Å². The molecule has 1 heterocycles. The zero-order chi connectivity index (χ0) is 17.5. The Kier molecular flexibility index (Phi) is 5.64. The number of nitrogens with one attached hydrogen (secondary N) is 1. The number of halogens is 1. The number of benzene rings is 2. The van der Waals surface area contributed by atoms with E-state index in [1.807, 2.05) is 48.5 Å². The second-order valence-corrected chi connectivity index (χ2v) is 5.72. The van der Waals surface area contributed by atoms with E-state index in [0.29, 0.717) is 30.7 Å². The van der Waals surface area contributed by atoms with Crippen molar-refractivity contribution in [3.8, 4) is 5.75 Å². The minimum absolute atomic E-state index is 0.408. The lowest BCUT2D eigenvalue weighted by molar-refractivity contribution is 0.303. The van der Waals surface area contributed by atoms with E-state index < -0.39 is 0 Å². The normalized spacial score (nSPS) is 10.4. The summed E-state index contributed by atoms with van der Waals surface area (Å²) in [4.78, 5) is 0. The van der Waals surface area contributed by atoms with Crippen LogP contribution in [0.1, 0.15) is 11.1 Å². The lowest BCUT2D eigenvalue weighted by Crippen LogP contribution is -2.09. The number of rotatable bonds is 8. The number of aromatic nitrogens is 4. The largest absolute Gasteiger partial charge is 0.488 e. The lowest BCUT2D eigenvalue weighted by Gasteiger charge is -2.13. The number of hydrogen-bond acceptors (Lipinski definition) is 5. The molecule has 128 valence electrons. The van der Waals surface area contributed by atoms with Gasteiger partial charge in [0.2, 0.25) is 5.95 Å². The molecule has 0 spiro atoms. The molecule has 25 heavy (non-hydrogen) atoms. The van der Waals surface area contributed by atoms with Gasteiger partial charge >= 0.3 is 0 Å². The number of tetrazole rings is 1. The number of ether oxygens (including phenoxy) is 1. The summed E-state index contributed by atoms with van der Waals surface area (Å²) < 4.78 is 7.59. The third-order valence-electron chi connectivity index (χ3n) is 3.58.